The number of aliphatic hydroxyl groups excluding tert-OH is 1. The minimum absolute atomic E-state index is 0.170. The van der Waals surface area contributed by atoms with E-state index in [-0.39, 0.29) is 5.02 Å². The molecule has 108 valence electrons. The maximum absolute atomic E-state index is 13.1. The van der Waals surface area contributed by atoms with E-state index in [9.17, 15) is 9.50 Å². The highest BCUT2D eigenvalue weighted by Crippen LogP contribution is 2.32. The van der Waals surface area contributed by atoms with Crippen LogP contribution in [-0.2, 0) is 11.3 Å². The Kier molecular flexibility index (Phi) is 5.15. The molecule has 0 aliphatic heterocycles. The third-order valence-corrected chi connectivity index (χ3v) is 3.79. The van der Waals surface area contributed by atoms with Gasteiger partial charge in [-0.1, -0.05) is 17.7 Å². The fourth-order valence-electron chi connectivity index (χ4n) is 1.87. The lowest BCUT2D eigenvalue weighted by atomic mass is 10.1. The molecule has 0 aliphatic rings. The van der Waals surface area contributed by atoms with E-state index in [1.807, 2.05) is 0 Å². The number of hydrogen-bond acceptors (Lipinski definition) is 3. The predicted octanol–water partition coefficient (Wildman–Crippen LogP) is 3.17. The summed E-state index contributed by atoms with van der Waals surface area (Å²) in [6, 6.07) is 3.89. The first-order valence-electron chi connectivity index (χ1n) is 5.87. The third-order valence-electron chi connectivity index (χ3n) is 2.86. The molecule has 1 N–H and O–H groups in total. The van der Waals surface area contributed by atoms with Crippen LogP contribution in [0.3, 0.4) is 0 Å². The van der Waals surface area contributed by atoms with Crippen LogP contribution in [-0.4, -0.2) is 28.6 Å². The molecule has 1 heterocycles. The van der Waals surface area contributed by atoms with Gasteiger partial charge in [0.2, 0.25) is 0 Å². The number of nitrogens with zero attached hydrogens (tertiary/aromatic N) is 2. The molecule has 20 heavy (non-hydrogen) atoms. The number of aromatic nitrogens is 2. The molecule has 0 fully saturated rings. The number of rotatable bonds is 5. The molecule has 0 radical (unpaired) electrons. The predicted molar refractivity (Wildman–Crippen MR) is 77.3 cm³/mol. The first kappa shape index (κ1) is 15.4. The zero-order valence-corrected chi connectivity index (χ0v) is 13.0. The maximum atomic E-state index is 13.1. The topological polar surface area (TPSA) is 47.3 Å². The van der Waals surface area contributed by atoms with E-state index >= 15 is 0 Å². The second-order valence-corrected chi connectivity index (χ2v) is 5.42. The van der Waals surface area contributed by atoms with Crippen LogP contribution in [0.15, 0.2) is 28.9 Å². The zero-order chi connectivity index (χ0) is 14.7. The summed E-state index contributed by atoms with van der Waals surface area (Å²) in [6.07, 6.45) is 0.586. The van der Waals surface area contributed by atoms with Gasteiger partial charge in [-0.05, 0) is 28.1 Å². The Labute approximate surface area is 129 Å². The van der Waals surface area contributed by atoms with Crippen LogP contribution in [0, 0.1) is 5.82 Å². The highest BCUT2D eigenvalue weighted by Gasteiger charge is 2.21. The summed E-state index contributed by atoms with van der Waals surface area (Å²) in [7, 11) is 1.59. The smallest absolute Gasteiger partial charge is 0.124 e. The lowest BCUT2D eigenvalue weighted by molar-refractivity contribution is 0.171. The Bertz CT molecular complexity index is 606. The molecular formula is C13H13BrClFN2O2. The summed E-state index contributed by atoms with van der Waals surface area (Å²) in [4.78, 5) is 0. The zero-order valence-electron chi connectivity index (χ0n) is 10.7. The molecule has 7 heteroatoms. The molecule has 0 spiro atoms. The van der Waals surface area contributed by atoms with Crippen LogP contribution in [0.5, 0.6) is 0 Å². The lowest BCUT2D eigenvalue weighted by Gasteiger charge is -2.15. The quantitative estimate of drug-likeness (QED) is 0.887. The summed E-state index contributed by atoms with van der Waals surface area (Å²) in [6.45, 7) is 0.957. The molecule has 0 amide bonds. The second-order valence-electron chi connectivity index (χ2n) is 4.16. The van der Waals surface area contributed by atoms with Crippen molar-refractivity contribution < 1.29 is 14.2 Å². The highest BCUT2D eigenvalue weighted by molar-refractivity contribution is 9.10. The average Bonchev–Trinajstić information content (AvgIpc) is 2.77. The van der Waals surface area contributed by atoms with Gasteiger partial charge in [0.25, 0.3) is 0 Å². The molecular weight excluding hydrogens is 351 g/mol. The Balaban J connectivity index is 2.37. The Morgan fingerprint density at radius 1 is 1.55 bits per heavy atom. The van der Waals surface area contributed by atoms with Gasteiger partial charge in [-0.2, -0.15) is 5.10 Å². The SMILES string of the molecule is COCCn1ncc(Br)c1C(O)c1ccc(F)cc1Cl. The summed E-state index contributed by atoms with van der Waals surface area (Å²) >= 11 is 9.33. The molecule has 1 atom stereocenters. The van der Waals surface area contributed by atoms with E-state index < -0.39 is 11.9 Å². The number of halogens is 3. The highest BCUT2D eigenvalue weighted by atomic mass is 79.9. The normalized spacial score (nSPS) is 12.7. The first-order valence-corrected chi connectivity index (χ1v) is 7.05. The third kappa shape index (κ3) is 3.20. The molecule has 2 aromatic rings. The van der Waals surface area contributed by atoms with Crippen LogP contribution in [0.4, 0.5) is 4.39 Å². The number of methoxy groups -OCH3 is 1. The van der Waals surface area contributed by atoms with Gasteiger partial charge < -0.3 is 9.84 Å². The van der Waals surface area contributed by atoms with Crippen molar-refractivity contribution in [3.8, 4) is 0 Å². The van der Waals surface area contributed by atoms with Gasteiger partial charge in [0.05, 0.1) is 29.5 Å². The van der Waals surface area contributed by atoms with Gasteiger partial charge >= 0.3 is 0 Å². The first-order chi connectivity index (χ1) is 9.54. The van der Waals surface area contributed by atoms with Crippen LogP contribution < -0.4 is 0 Å². The number of ether oxygens (including phenoxy) is 1. The van der Waals surface area contributed by atoms with Crippen molar-refractivity contribution in [3.63, 3.8) is 0 Å². The van der Waals surface area contributed by atoms with Crippen LogP contribution in [0.2, 0.25) is 5.02 Å². The summed E-state index contributed by atoms with van der Waals surface area (Å²) < 4.78 is 20.3. The Morgan fingerprint density at radius 3 is 2.95 bits per heavy atom. The number of hydrogen-bond donors (Lipinski definition) is 1. The maximum Gasteiger partial charge on any atom is 0.124 e. The molecule has 2 rings (SSSR count). The monoisotopic (exact) mass is 362 g/mol. The van der Waals surface area contributed by atoms with E-state index in [0.717, 1.165) is 0 Å². The average molecular weight is 364 g/mol. The molecule has 1 aromatic carbocycles. The molecule has 0 saturated heterocycles. The van der Waals surface area contributed by atoms with Gasteiger partial charge in [0.1, 0.15) is 11.9 Å². The van der Waals surface area contributed by atoms with Crippen molar-refractivity contribution in [1.82, 2.24) is 9.78 Å². The van der Waals surface area contributed by atoms with E-state index in [0.29, 0.717) is 28.9 Å². The summed E-state index contributed by atoms with van der Waals surface area (Å²) in [5.74, 6) is -0.446. The van der Waals surface area contributed by atoms with Crippen molar-refractivity contribution in [3.05, 3.63) is 51.0 Å². The summed E-state index contributed by atoms with van der Waals surface area (Å²) in [5.41, 5.74) is 0.975. The number of benzene rings is 1. The van der Waals surface area contributed by atoms with E-state index in [4.69, 9.17) is 16.3 Å². The standard InChI is InChI=1S/C13H13BrClFN2O2/c1-20-5-4-18-12(10(14)7-17-18)13(19)9-3-2-8(16)6-11(9)15/h2-3,6-7,13,19H,4-5H2,1H3. The van der Waals surface area contributed by atoms with Gasteiger partial charge in [0.15, 0.2) is 0 Å². The van der Waals surface area contributed by atoms with Crippen molar-refractivity contribution in [2.75, 3.05) is 13.7 Å². The van der Waals surface area contributed by atoms with Gasteiger partial charge in [-0.15, -0.1) is 0 Å². The Hall–Kier alpha value is -0.950. The molecule has 4 nitrogen and oxygen atoms in total. The number of aliphatic hydroxyl groups is 1. The fourth-order valence-corrected chi connectivity index (χ4v) is 2.65. The summed E-state index contributed by atoms with van der Waals surface area (Å²) in [5, 5.41) is 14.8. The van der Waals surface area contributed by atoms with Gasteiger partial charge in [-0.25, -0.2) is 4.39 Å². The van der Waals surface area contributed by atoms with E-state index in [1.165, 1.54) is 18.2 Å². The molecule has 0 saturated carbocycles. The van der Waals surface area contributed by atoms with E-state index in [2.05, 4.69) is 21.0 Å². The van der Waals surface area contributed by atoms with Crippen molar-refractivity contribution >= 4 is 27.5 Å². The minimum atomic E-state index is -1.00. The van der Waals surface area contributed by atoms with Crippen LogP contribution >= 0.6 is 27.5 Å². The Morgan fingerprint density at radius 2 is 2.30 bits per heavy atom. The van der Waals surface area contributed by atoms with Crippen LogP contribution in [0.25, 0.3) is 0 Å². The van der Waals surface area contributed by atoms with Gasteiger partial charge in [0, 0.05) is 17.7 Å². The van der Waals surface area contributed by atoms with Crippen LogP contribution in [0.1, 0.15) is 17.4 Å². The fraction of sp³-hybridized carbons (Fsp3) is 0.308. The molecule has 1 aromatic heterocycles. The largest absolute Gasteiger partial charge is 0.383 e. The van der Waals surface area contributed by atoms with Crippen molar-refractivity contribution in [1.29, 1.82) is 0 Å². The minimum Gasteiger partial charge on any atom is -0.383 e. The molecule has 0 bridgehead atoms. The van der Waals surface area contributed by atoms with Gasteiger partial charge in [-0.3, -0.25) is 4.68 Å². The van der Waals surface area contributed by atoms with Crippen molar-refractivity contribution in [2.24, 2.45) is 0 Å². The molecule has 1 unspecified atom stereocenters. The van der Waals surface area contributed by atoms with Crippen molar-refractivity contribution in [2.45, 2.75) is 12.6 Å². The second kappa shape index (κ2) is 6.67. The van der Waals surface area contributed by atoms with E-state index in [1.54, 1.807) is 18.0 Å². The lowest BCUT2D eigenvalue weighted by Crippen LogP contribution is -2.14. The molecule has 0 aliphatic carbocycles.